The van der Waals surface area contributed by atoms with Crippen molar-refractivity contribution in [2.24, 2.45) is 17.8 Å². The number of aliphatic carboxylic acids is 1. The van der Waals surface area contributed by atoms with Gasteiger partial charge in [-0.3, -0.25) is 4.79 Å². The Morgan fingerprint density at radius 1 is 1.10 bits per heavy atom. The van der Waals surface area contributed by atoms with Crippen molar-refractivity contribution in [2.45, 2.75) is 57.9 Å². The van der Waals surface area contributed by atoms with Crippen LogP contribution in [0.4, 0.5) is 4.79 Å². The summed E-state index contributed by atoms with van der Waals surface area (Å²) in [4.78, 5) is 22.8. The minimum atomic E-state index is -0.680. The zero-order chi connectivity index (χ0) is 14.8. The van der Waals surface area contributed by atoms with Gasteiger partial charge in [-0.1, -0.05) is 0 Å². The molecule has 5 heteroatoms. The molecule has 0 aromatic rings. The van der Waals surface area contributed by atoms with Gasteiger partial charge in [-0.25, -0.2) is 4.79 Å². The van der Waals surface area contributed by atoms with Gasteiger partial charge < -0.3 is 15.7 Å². The quantitative estimate of drug-likeness (QED) is 0.724. The molecular weight excluding hydrogens is 256 g/mol. The summed E-state index contributed by atoms with van der Waals surface area (Å²) in [5, 5.41) is 14.9. The highest BCUT2D eigenvalue weighted by molar-refractivity contribution is 5.74. The molecule has 114 valence electrons. The van der Waals surface area contributed by atoms with E-state index >= 15 is 0 Å². The summed E-state index contributed by atoms with van der Waals surface area (Å²) >= 11 is 0. The molecule has 2 saturated carbocycles. The van der Waals surface area contributed by atoms with E-state index in [0.29, 0.717) is 18.4 Å². The number of carbonyl (C=O) groups is 2. The Kier molecular flexibility index (Phi) is 4.55. The zero-order valence-corrected chi connectivity index (χ0v) is 12.4. The van der Waals surface area contributed by atoms with E-state index in [-0.39, 0.29) is 17.5 Å². The molecule has 0 aromatic heterocycles. The van der Waals surface area contributed by atoms with Gasteiger partial charge in [-0.05, 0) is 64.2 Å². The highest BCUT2D eigenvalue weighted by Crippen LogP contribution is 2.39. The molecule has 0 spiro atoms. The second kappa shape index (κ2) is 6.02. The van der Waals surface area contributed by atoms with Crippen LogP contribution >= 0.6 is 0 Å². The van der Waals surface area contributed by atoms with Crippen molar-refractivity contribution >= 4 is 12.0 Å². The number of nitrogens with one attached hydrogen (secondary N) is 2. The summed E-state index contributed by atoms with van der Waals surface area (Å²) in [6.07, 6.45) is 5.65. The Bertz CT molecular complexity index is 369. The van der Waals surface area contributed by atoms with Crippen LogP contribution in [0.2, 0.25) is 0 Å². The van der Waals surface area contributed by atoms with Crippen molar-refractivity contribution in [3.05, 3.63) is 0 Å². The van der Waals surface area contributed by atoms with Crippen LogP contribution in [0, 0.1) is 17.8 Å². The molecule has 2 amide bonds. The average molecular weight is 282 g/mol. The Balaban J connectivity index is 1.65. The lowest BCUT2D eigenvalue weighted by Crippen LogP contribution is -2.50. The maximum absolute atomic E-state index is 11.9. The predicted octanol–water partition coefficient (Wildman–Crippen LogP) is 2.37. The normalized spacial score (nSPS) is 26.9. The van der Waals surface area contributed by atoms with Crippen LogP contribution in [0.25, 0.3) is 0 Å². The molecule has 0 heterocycles. The van der Waals surface area contributed by atoms with Crippen molar-refractivity contribution in [3.8, 4) is 0 Å². The van der Waals surface area contributed by atoms with Crippen LogP contribution < -0.4 is 10.6 Å². The van der Waals surface area contributed by atoms with Gasteiger partial charge in [-0.2, -0.15) is 0 Å². The van der Waals surface area contributed by atoms with Gasteiger partial charge in [0.2, 0.25) is 0 Å². The Labute approximate surface area is 120 Å². The lowest BCUT2D eigenvalue weighted by atomic mass is 9.82. The molecule has 0 aromatic carbocycles. The Morgan fingerprint density at radius 2 is 1.70 bits per heavy atom. The van der Waals surface area contributed by atoms with Gasteiger partial charge in [0.25, 0.3) is 0 Å². The molecule has 20 heavy (non-hydrogen) atoms. The molecule has 0 atom stereocenters. The van der Waals surface area contributed by atoms with Crippen LogP contribution in [-0.2, 0) is 4.79 Å². The predicted molar refractivity (Wildman–Crippen MR) is 76.4 cm³/mol. The molecule has 0 aliphatic heterocycles. The van der Waals surface area contributed by atoms with Crippen molar-refractivity contribution in [3.63, 3.8) is 0 Å². The molecule has 0 radical (unpaired) electrons. The fourth-order valence-corrected chi connectivity index (χ4v) is 3.09. The molecular formula is C15H26N2O3. The molecule has 2 fully saturated rings. The van der Waals surface area contributed by atoms with E-state index < -0.39 is 5.97 Å². The average Bonchev–Trinajstić information content (AvgIpc) is 3.21. The first kappa shape index (κ1) is 15.1. The fraction of sp³-hybridized carbons (Fsp3) is 0.867. The summed E-state index contributed by atoms with van der Waals surface area (Å²) in [6, 6.07) is -0.0951. The first-order valence-electron chi connectivity index (χ1n) is 7.67. The van der Waals surface area contributed by atoms with Crippen LogP contribution in [-0.4, -0.2) is 29.2 Å². The zero-order valence-electron chi connectivity index (χ0n) is 12.4. The number of carbonyl (C=O) groups excluding carboxylic acids is 1. The van der Waals surface area contributed by atoms with E-state index in [2.05, 4.69) is 24.5 Å². The Hall–Kier alpha value is -1.26. The first-order chi connectivity index (χ1) is 9.38. The van der Waals surface area contributed by atoms with Crippen LogP contribution in [0.1, 0.15) is 52.4 Å². The molecule has 2 aliphatic rings. The van der Waals surface area contributed by atoms with E-state index in [1.165, 1.54) is 12.8 Å². The van der Waals surface area contributed by atoms with Gasteiger partial charge in [0, 0.05) is 12.1 Å². The van der Waals surface area contributed by atoms with E-state index in [9.17, 15) is 9.59 Å². The minimum Gasteiger partial charge on any atom is -0.481 e. The standard InChI is InChI=1S/C15H26N2O3/c1-15(2,12-7-8-12)17-14(20)16-9-10-3-5-11(6-4-10)13(18)19/h10-12H,3-9H2,1-2H3,(H,18,19)(H2,16,17,20). The second-order valence-electron chi connectivity index (χ2n) is 6.89. The van der Waals surface area contributed by atoms with Crippen molar-refractivity contribution in [2.75, 3.05) is 6.54 Å². The monoisotopic (exact) mass is 282 g/mol. The van der Waals surface area contributed by atoms with Crippen molar-refractivity contribution < 1.29 is 14.7 Å². The lowest BCUT2D eigenvalue weighted by Gasteiger charge is -2.29. The van der Waals surface area contributed by atoms with Gasteiger partial charge in [0.1, 0.15) is 0 Å². The highest BCUT2D eigenvalue weighted by atomic mass is 16.4. The minimum absolute atomic E-state index is 0.0951. The molecule has 5 nitrogen and oxygen atoms in total. The van der Waals surface area contributed by atoms with Crippen molar-refractivity contribution in [1.82, 2.24) is 10.6 Å². The number of hydrogen-bond donors (Lipinski definition) is 3. The summed E-state index contributed by atoms with van der Waals surface area (Å²) < 4.78 is 0. The van der Waals surface area contributed by atoms with E-state index in [1.807, 2.05) is 0 Å². The summed E-state index contributed by atoms with van der Waals surface area (Å²) in [6.45, 7) is 4.80. The van der Waals surface area contributed by atoms with E-state index in [1.54, 1.807) is 0 Å². The van der Waals surface area contributed by atoms with Crippen LogP contribution in [0.3, 0.4) is 0 Å². The smallest absolute Gasteiger partial charge is 0.315 e. The van der Waals surface area contributed by atoms with Gasteiger partial charge in [0.15, 0.2) is 0 Å². The topological polar surface area (TPSA) is 78.4 Å². The summed E-state index contributed by atoms with van der Waals surface area (Å²) in [7, 11) is 0. The second-order valence-corrected chi connectivity index (χ2v) is 6.89. The number of amides is 2. The molecule has 2 aliphatic carbocycles. The molecule has 0 saturated heterocycles. The summed E-state index contributed by atoms with van der Waals surface area (Å²) in [5.41, 5.74) is -0.120. The number of urea groups is 1. The maximum Gasteiger partial charge on any atom is 0.315 e. The third kappa shape index (κ3) is 4.12. The number of hydrogen-bond acceptors (Lipinski definition) is 2. The van der Waals surface area contributed by atoms with Crippen LogP contribution in [0.5, 0.6) is 0 Å². The van der Waals surface area contributed by atoms with Gasteiger partial charge in [-0.15, -0.1) is 0 Å². The van der Waals surface area contributed by atoms with Crippen molar-refractivity contribution in [1.29, 1.82) is 0 Å². The van der Waals surface area contributed by atoms with E-state index in [0.717, 1.165) is 25.7 Å². The largest absolute Gasteiger partial charge is 0.481 e. The first-order valence-corrected chi connectivity index (χ1v) is 7.67. The van der Waals surface area contributed by atoms with E-state index in [4.69, 9.17) is 5.11 Å². The third-order valence-electron chi connectivity index (χ3n) is 4.78. The number of carboxylic acid groups (broad SMARTS) is 1. The summed E-state index contributed by atoms with van der Waals surface area (Å²) in [5.74, 6) is 0.161. The molecule has 0 bridgehead atoms. The molecule has 0 unspecified atom stereocenters. The fourth-order valence-electron chi connectivity index (χ4n) is 3.09. The molecule has 2 rings (SSSR count). The Morgan fingerprint density at radius 3 is 2.20 bits per heavy atom. The SMILES string of the molecule is CC(C)(NC(=O)NCC1CCC(C(=O)O)CC1)C1CC1. The lowest BCUT2D eigenvalue weighted by molar-refractivity contribution is -0.143. The number of carboxylic acids is 1. The third-order valence-corrected chi connectivity index (χ3v) is 4.78. The van der Waals surface area contributed by atoms with Gasteiger partial charge in [0.05, 0.1) is 5.92 Å². The molecule has 3 N–H and O–H groups in total. The van der Waals surface area contributed by atoms with Crippen LogP contribution in [0.15, 0.2) is 0 Å². The van der Waals surface area contributed by atoms with Gasteiger partial charge >= 0.3 is 12.0 Å². The maximum atomic E-state index is 11.9. The number of rotatable bonds is 5. The highest BCUT2D eigenvalue weighted by Gasteiger charge is 2.38.